The molecule has 0 saturated heterocycles. The molecule has 0 bridgehead atoms. The third kappa shape index (κ3) is 4.21. The summed E-state index contributed by atoms with van der Waals surface area (Å²) in [5, 5.41) is 13.7. The average molecular weight is 420 g/mol. The number of aromatic nitrogens is 2. The number of rotatable bonds is 3. The molecule has 0 aliphatic heterocycles. The van der Waals surface area contributed by atoms with Crippen molar-refractivity contribution in [3.63, 3.8) is 0 Å². The summed E-state index contributed by atoms with van der Waals surface area (Å²) >= 11 is 6.38. The van der Waals surface area contributed by atoms with Crippen LogP contribution in [0.5, 0.6) is 0 Å². The van der Waals surface area contributed by atoms with Crippen molar-refractivity contribution < 1.29 is 18.3 Å². The quantitative estimate of drug-likeness (QED) is 0.596. The van der Waals surface area contributed by atoms with Crippen molar-refractivity contribution in [3.05, 3.63) is 70.5 Å². The van der Waals surface area contributed by atoms with Crippen LogP contribution in [0.15, 0.2) is 48.8 Å². The summed E-state index contributed by atoms with van der Waals surface area (Å²) in [4.78, 5) is 8.36. The summed E-state index contributed by atoms with van der Waals surface area (Å²) in [7, 11) is 0. The van der Waals surface area contributed by atoms with Crippen molar-refractivity contribution >= 4 is 23.1 Å². The molecule has 0 radical (unpaired) electrons. The molecule has 150 valence electrons. The Bertz CT molecular complexity index is 1040. The van der Waals surface area contributed by atoms with E-state index in [0.717, 1.165) is 29.7 Å². The molecule has 4 rings (SSSR count). The van der Waals surface area contributed by atoms with E-state index in [2.05, 4.69) is 15.3 Å². The Hall–Kier alpha value is -2.64. The second-order valence-electron chi connectivity index (χ2n) is 6.95. The van der Waals surface area contributed by atoms with Crippen LogP contribution in [0.4, 0.5) is 24.7 Å². The standard InChI is InChI=1S/C21H17ClF3N3O/c22-17-8-4-12-3-7-15(29)9-16(12)20(17)28-19-10-18(26-11-27-19)13-1-5-14(6-2-13)21(23,24)25/h1-2,4-6,8,10-11,15,29H,3,7,9H2,(H,26,27,28). The molecule has 29 heavy (non-hydrogen) atoms. The van der Waals surface area contributed by atoms with Crippen LogP contribution in [0.2, 0.25) is 5.02 Å². The van der Waals surface area contributed by atoms with Gasteiger partial charge in [-0.2, -0.15) is 13.2 Å². The second kappa shape index (κ2) is 7.65. The Balaban J connectivity index is 1.64. The highest BCUT2D eigenvalue weighted by Gasteiger charge is 2.30. The molecule has 4 nitrogen and oxygen atoms in total. The number of nitrogens with one attached hydrogen (secondary N) is 1. The molecule has 3 aromatic rings. The summed E-state index contributed by atoms with van der Waals surface area (Å²) in [5.74, 6) is 0.463. The molecule has 1 aromatic heterocycles. The Kier molecular flexibility index (Phi) is 5.19. The Labute approximate surface area is 170 Å². The van der Waals surface area contributed by atoms with Crippen LogP contribution in [0, 0.1) is 0 Å². The fourth-order valence-corrected chi connectivity index (χ4v) is 3.69. The Morgan fingerprint density at radius 2 is 1.83 bits per heavy atom. The van der Waals surface area contributed by atoms with Crippen molar-refractivity contribution in [3.8, 4) is 11.3 Å². The van der Waals surface area contributed by atoms with E-state index in [1.807, 2.05) is 6.07 Å². The number of fused-ring (bicyclic) bond motifs is 1. The zero-order chi connectivity index (χ0) is 20.6. The van der Waals surface area contributed by atoms with E-state index in [-0.39, 0.29) is 0 Å². The lowest BCUT2D eigenvalue weighted by Crippen LogP contribution is -2.20. The van der Waals surface area contributed by atoms with E-state index in [4.69, 9.17) is 11.6 Å². The van der Waals surface area contributed by atoms with Gasteiger partial charge in [0.25, 0.3) is 0 Å². The van der Waals surface area contributed by atoms with Gasteiger partial charge in [0.2, 0.25) is 0 Å². The van der Waals surface area contributed by atoms with Crippen molar-refractivity contribution in [2.45, 2.75) is 31.5 Å². The monoisotopic (exact) mass is 419 g/mol. The van der Waals surface area contributed by atoms with E-state index >= 15 is 0 Å². The number of halogens is 4. The number of alkyl halides is 3. The summed E-state index contributed by atoms with van der Waals surface area (Å²) in [6, 6.07) is 10.2. The maximum absolute atomic E-state index is 12.8. The van der Waals surface area contributed by atoms with Gasteiger partial charge < -0.3 is 10.4 Å². The van der Waals surface area contributed by atoms with Crippen molar-refractivity contribution in [2.24, 2.45) is 0 Å². The first-order chi connectivity index (χ1) is 13.8. The maximum atomic E-state index is 12.8. The maximum Gasteiger partial charge on any atom is 0.416 e. The molecule has 1 heterocycles. The van der Waals surface area contributed by atoms with Gasteiger partial charge >= 0.3 is 6.18 Å². The summed E-state index contributed by atoms with van der Waals surface area (Å²) in [6.45, 7) is 0. The van der Waals surface area contributed by atoms with Crippen LogP contribution in [0.1, 0.15) is 23.1 Å². The van der Waals surface area contributed by atoms with Gasteiger partial charge in [-0.1, -0.05) is 29.8 Å². The molecule has 1 aliphatic rings. The molecule has 2 N–H and O–H groups in total. The molecule has 0 saturated carbocycles. The van der Waals surface area contributed by atoms with Gasteiger partial charge in [0, 0.05) is 18.1 Å². The Morgan fingerprint density at radius 1 is 1.07 bits per heavy atom. The van der Waals surface area contributed by atoms with Crippen LogP contribution in [-0.2, 0) is 19.0 Å². The minimum Gasteiger partial charge on any atom is -0.393 e. The number of anilines is 2. The lowest BCUT2D eigenvalue weighted by Gasteiger charge is -2.24. The lowest BCUT2D eigenvalue weighted by molar-refractivity contribution is -0.137. The highest BCUT2D eigenvalue weighted by atomic mass is 35.5. The van der Waals surface area contributed by atoms with Crippen molar-refractivity contribution in [1.29, 1.82) is 0 Å². The highest BCUT2D eigenvalue weighted by molar-refractivity contribution is 6.33. The van der Waals surface area contributed by atoms with Crippen molar-refractivity contribution in [2.75, 3.05) is 5.32 Å². The zero-order valence-corrected chi connectivity index (χ0v) is 15.9. The van der Waals surface area contributed by atoms with Gasteiger partial charge in [-0.3, -0.25) is 0 Å². The van der Waals surface area contributed by atoms with E-state index in [1.54, 1.807) is 12.1 Å². The van der Waals surface area contributed by atoms with Crippen LogP contribution in [0.3, 0.4) is 0 Å². The average Bonchev–Trinajstić information content (AvgIpc) is 2.70. The van der Waals surface area contributed by atoms with E-state index in [0.29, 0.717) is 40.6 Å². The van der Waals surface area contributed by atoms with E-state index < -0.39 is 17.8 Å². The molecule has 2 aromatic carbocycles. The fraction of sp³-hybridized carbons (Fsp3) is 0.238. The number of hydrogen-bond donors (Lipinski definition) is 2. The summed E-state index contributed by atoms with van der Waals surface area (Å²) < 4.78 is 38.3. The van der Waals surface area contributed by atoms with Crippen LogP contribution in [-0.4, -0.2) is 21.2 Å². The Morgan fingerprint density at radius 3 is 2.55 bits per heavy atom. The smallest absolute Gasteiger partial charge is 0.393 e. The minimum atomic E-state index is -4.38. The van der Waals surface area contributed by atoms with E-state index in [9.17, 15) is 18.3 Å². The third-order valence-corrected chi connectivity index (χ3v) is 5.29. The molecule has 1 unspecified atom stereocenters. The van der Waals surface area contributed by atoms with Crippen LogP contribution < -0.4 is 5.32 Å². The first kappa shape index (κ1) is 19.7. The summed E-state index contributed by atoms with van der Waals surface area (Å²) in [5.41, 5.74) is 3.07. The van der Waals surface area contributed by atoms with E-state index in [1.165, 1.54) is 18.5 Å². The predicted molar refractivity (Wildman–Crippen MR) is 105 cm³/mol. The molecular weight excluding hydrogens is 403 g/mol. The van der Waals surface area contributed by atoms with Gasteiger partial charge in [0.05, 0.1) is 28.1 Å². The minimum absolute atomic E-state index is 0.422. The first-order valence-electron chi connectivity index (χ1n) is 9.06. The van der Waals surface area contributed by atoms with Crippen LogP contribution >= 0.6 is 11.6 Å². The number of hydrogen-bond acceptors (Lipinski definition) is 4. The first-order valence-corrected chi connectivity index (χ1v) is 9.44. The lowest BCUT2D eigenvalue weighted by atomic mass is 9.88. The molecule has 1 atom stereocenters. The number of benzene rings is 2. The van der Waals surface area contributed by atoms with Crippen LogP contribution in [0.25, 0.3) is 11.3 Å². The predicted octanol–water partition coefficient (Wildman–Crippen LogP) is 5.41. The van der Waals surface area contributed by atoms with Gasteiger partial charge in [-0.15, -0.1) is 0 Å². The van der Waals surface area contributed by atoms with Gasteiger partial charge in [-0.25, -0.2) is 9.97 Å². The molecular formula is C21H17ClF3N3O. The third-order valence-electron chi connectivity index (χ3n) is 4.97. The SMILES string of the molecule is OC1CCc2ccc(Cl)c(Nc3cc(-c4ccc(C(F)(F)F)cc4)ncn3)c2C1. The zero-order valence-electron chi connectivity index (χ0n) is 15.2. The number of nitrogens with zero attached hydrogens (tertiary/aromatic N) is 2. The largest absolute Gasteiger partial charge is 0.416 e. The van der Waals surface area contributed by atoms with Crippen molar-refractivity contribution in [1.82, 2.24) is 9.97 Å². The molecule has 0 fully saturated rings. The second-order valence-corrected chi connectivity index (χ2v) is 7.35. The number of aliphatic hydroxyl groups excluding tert-OH is 1. The molecule has 8 heteroatoms. The normalized spacial score (nSPS) is 16.4. The molecule has 0 spiro atoms. The fourth-order valence-electron chi connectivity index (χ4n) is 3.47. The highest BCUT2D eigenvalue weighted by Crippen LogP contribution is 2.36. The number of aliphatic hydroxyl groups is 1. The molecule has 0 amide bonds. The molecule has 1 aliphatic carbocycles. The van der Waals surface area contributed by atoms with Gasteiger partial charge in [0.15, 0.2) is 0 Å². The summed E-state index contributed by atoms with van der Waals surface area (Å²) in [6.07, 6.45) is -1.50. The van der Waals surface area contributed by atoms with Gasteiger partial charge in [-0.05, 0) is 42.2 Å². The van der Waals surface area contributed by atoms with Gasteiger partial charge in [0.1, 0.15) is 12.1 Å². The topological polar surface area (TPSA) is 58.0 Å². The number of aryl methyl sites for hydroxylation is 1.